The van der Waals surface area contributed by atoms with Gasteiger partial charge in [-0.3, -0.25) is 4.79 Å². The Hall–Kier alpha value is -1.02. The van der Waals surface area contributed by atoms with Gasteiger partial charge in [-0.05, 0) is 41.9 Å². The molecule has 2 rings (SSSR count). The molecule has 0 N–H and O–H groups in total. The van der Waals surface area contributed by atoms with Gasteiger partial charge in [0.2, 0.25) is 0 Å². The summed E-state index contributed by atoms with van der Waals surface area (Å²) >= 11 is 6.36. The average Bonchev–Trinajstić information content (AvgIpc) is 3.07. The van der Waals surface area contributed by atoms with Crippen LogP contribution in [0.3, 0.4) is 0 Å². The number of esters is 1. The SMILES string of the molecule is CCOC(=O)C1CC1c1ccc(C(C)(C)C)c(Cl)c1. The monoisotopic (exact) mass is 280 g/mol. The predicted molar refractivity (Wildman–Crippen MR) is 77.6 cm³/mol. The van der Waals surface area contributed by atoms with Crippen LogP contribution in [-0.4, -0.2) is 12.6 Å². The summed E-state index contributed by atoms with van der Waals surface area (Å²) in [5.74, 6) is 0.227. The van der Waals surface area contributed by atoms with E-state index in [1.54, 1.807) is 0 Å². The van der Waals surface area contributed by atoms with Gasteiger partial charge in [-0.15, -0.1) is 0 Å². The number of hydrogen-bond donors (Lipinski definition) is 0. The molecule has 0 heterocycles. The highest BCUT2D eigenvalue weighted by Gasteiger charge is 2.45. The van der Waals surface area contributed by atoms with E-state index >= 15 is 0 Å². The molecule has 0 spiro atoms. The van der Waals surface area contributed by atoms with Crippen molar-refractivity contribution >= 4 is 17.6 Å². The molecule has 1 aromatic carbocycles. The highest BCUT2D eigenvalue weighted by molar-refractivity contribution is 6.31. The summed E-state index contributed by atoms with van der Waals surface area (Å²) in [4.78, 5) is 11.6. The molecule has 19 heavy (non-hydrogen) atoms. The van der Waals surface area contributed by atoms with E-state index in [4.69, 9.17) is 16.3 Å². The lowest BCUT2D eigenvalue weighted by atomic mass is 9.86. The Morgan fingerprint density at radius 1 is 1.42 bits per heavy atom. The number of rotatable bonds is 3. The molecule has 0 aromatic heterocycles. The van der Waals surface area contributed by atoms with Crippen molar-refractivity contribution in [3.8, 4) is 0 Å². The zero-order chi connectivity index (χ0) is 14.2. The van der Waals surface area contributed by atoms with Crippen LogP contribution < -0.4 is 0 Å². The highest BCUT2D eigenvalue weighted by atomic mass is 35.5. The van der Waals surface area contributed by atoms with Crippen molar-refractivity contribution in [2.24, 2.45) is 5.92 Å². The molecule has 0 saturated heterocycles. The standard InChI is InChI=1S/C16H21ClO2/c1-5-19-15(18)12-9-11(12)10-6-7-13(14(17)8-10)16(2,3)4/h6-8,11-12H,5,9H2,1-4H3. The predicted octanol–water partition coefficient (Wildman–Crippen LogP) is 4.30. The van der Waals surface area contributed by atoms with Gasteiger partial charge in [0.15, 0.2) is 0 Å². The number of carbonyl (C=O) groups is 1. The van der Waals surface area contributed by atoms with Crippen LogP contribution in [0.15, 0.2) is 18.2 Å². The van der Waals surface area contributed by atoms with Crippen LogP contribution in [0.25, 0.3) is 0 Å². The summed E-state index contributed by atoms with van der Waals surface area (Å²) in [6, 6.07) is 6.18. The molecule has 3 heteroatoms. The Morgan fingerprint density at radius 2 is 2.11 bits per heavy atom. The Kier molecular flexibility index (Phi) is 3.91. The molecule has 2 atom stereocenters. The maximum atomic E-state index is 11.6. The zero-order valence-electron chi connectivity index (χ0n) is 12.0. The Bertz CT molecular complexity index is 488. The number of halogens is 1. The van der Waals surface area contributed by atoms with Crippen LogP contribution in [0.1, 0.15) is 51.2 Å². The van der Waals surface area contributed by atoms with Crippen LogP contribution in [0, 0.1) is 5.92 Å². The van der Waals surface area contributed by atoms with E-state index in [2.05, 4.69) is 32.9 Å². The first-order chi connectivity index (χ1) is 8.84. The van der Waals surface area contributed by atoms with Gasteiger partial charge in [-0.25, -0.2) is 0 Å². The summed E-state index contributed by atoms with van der Waals surface area (Å²) in [6.07, 6.45) is 0.879. The molecule has 0 amide bonds. The second kappa shape index (κ2) is 5.16. The maximum absolute atomic E-state index is 11.6. The smallest absolute Gasteiger partial charge is 0.309 e. The molecule has 0 aliphatic heterocycles. The van der Waals surface area contributed by atoms with Crippen molar-refractivity contribution in [3.63, 3.8) is 0 Å². The Balaban J connectivity index is 2.13. The Morgan fingerprint density at radius 3 is 2.63 bits per heavy atom. The quantitative estimate of drug-likeness (QED) is 0.772. The van der Waals surface area contributed by atoms with Gasteiger partial charge < -0.3 is 4.74 Å². The minimum absolute atomic E-state index is 0.0245. The fourth-order valence-corrected chi connectivity index (χ4v) is 2.92. The van der Waals surface area contributed by atoms with Crippen molar-refractivity contribution in [1.29, 1.82) is 0 Å². The third-order valence-corrected chi connectivity index (χ3v) is 3.92. The maximum Gasteiger partial charge on any atom is 0.309 e. The van der Waals surface area contributed by atoms with Gasteiger partial charge in [-0.1, -0.05) is 44.5 Å². The molecule has 2 nitrogen and oxygen atoms in total. The molecule has 1 saturated carbocycles. The summed E-state index contributed by atoms with van der Waals surface area (Å²) in [5.41, 5.74) is 2.34. The fraction of sp³-hybridized carbons (Fsp3) is 0.562. The van der Waals surface area contributed by atoms with E-state index in [9.17, 15) is 4.79 Å². The van der Waals surface area contributed by atoms with Crippen molar-refractivity contribution in [3.05, 3.63) is 34.3 Å². The normalized spacial score (nSPS) is 22.2. The molecular formula is C16H21ClO2. The third kappa shape index (κ3) is 3.11. The molecule has 1 aromatic rings. The van der Waals surface area contributed by atoms with Crippen molar-refractivity contribution < 1.29 is 9.53 Å². The molecule has 1 aliphatic carbocycles. The van der Waals surface area contributed by atoms with Crippen molar-refractivity contribution in [2.75, 3.05) is 6.61 Å². The lowest BCUT2D eigenvalue weighted by Gasteiger charge is -2.21. The minimum Gasteiger partial charge on any atom is -0.466 e. The first-order valence-electron chi connectivity index (χ1n) is 6.81. The van der Waals surface area contributed by atoms with Crippen LogP contribution in [-0.2, 0) is 14.9 Å². The minimum atomic E-state index is -0.0801. The van der Waals surface area contributed by atoms with E-state index in [1.165, 1.54) is 0 Å². The summed E-state index contributed by atoms with van der Waals surface area (Å²) in [6.45, 7) is 8.72. The molecule has 104 valence electrons. The number of carbonyl (C=O) groups excluding carboxylic acids is 1. The molecule has 1 fully saturated rings. The van der Waals surface area contributed by atoms with Crippen LogP contribution in [0.5, 0.6) is 0 Å². The van der Waals surface area contributed by atoms with E-state index < -0.39 is 0 Å². The average molecular weight is 281 g/mol. The van der Waals surface area contributed by atoms with E-state index in [0.29, 0.717) is 6.61 Å². The largest absolute Gasteiger partial charge is 0.466 e. The van der Waals surface area contributed by atoms with Crippen LogP contribution >= 0.6 is 11.6 Å². The number of ether oxygens (including phenoxy) is 1. The van der Waals surface area contributed by atoms with Gasteiger partial charge in [0.1, 0.15) is 0 Å². The Labute approximate surface area is 120 Å². The molecule has 1 aliphatic rings. The van der Waals surface area contributed by atoms with Gasteiger partial charge in [0.25, 0.3) is 0 Å². The highest BCUT2D eigenvalue weighted by Crippen LogP contribution is 2.49. The first kappa shape index (κ1) is 14.4. The first-order valence-corrected chi connectivity index (χ1v) is 7.19. The molecule has 0 bridgehead atoms. The molecular weight excluding hydrogens is 260 g/mol. The van der Waals surface area contributed by atoms with Gasteiger partial charge in [0.05, 0.1) is 12.5 Å². The van der Waals surface area contributed by atoms with Crippen molar-refractivity contribution in [2.45, 2.75) is 45.4 Å². The van der Waals surface area contributed by atoms with Gasteiger partial charge in [-0.2, -0.15) is 0 Å². The van der Waals surface area contributed by atoms with Crippen molar-refractivity contribution in [1.82, 2.24) is 0 Å². The van der Waals surface area contributed by atoms with E-state index in [1.807, 2.05) is 13.0 Å². The van der Waals surface area contributed by atoms with Crippen LogP contribution in [0.4, 0.5) is 0 Å². The van der Waals surface area contributed by atoms with Crippen LogP contribution in [0.2, 0.25) is 5.02 Å². The zero-order valence-corrected chi connectivity index (χ0v) is 12.8. The lowest BCUT2D eigenvalue weighted by molar-refractivity contribution is -0.144. The summed E-state index contributed by atoms with van der Waals surface area (Å²) in [5, 5.41) is 0.791. The fourth-order valence-electron chi connectivity index (χ4n) is 2.44. The molecule has 2 unspecified atom stereocenters. The summed E-state index contributed by atoms with van der Waals surface area (Å²) < 4.78 is 5.05. The van der Waals surface area contributed by atoms with E-state index in [-0.39, 0.29) is 23.2 Å². The number of benzene rings is 1. The third-order valence-electron chi connectivity index (χ3n) is 3.61. The second-order valence-electron chi connectivity index (χ2n) is 6.19. The van der Waals surface area contributed by atoms with Gasteiger partial charge in [0, 0.05) is 5.02 Å². The summed E-state index contributed by atoms with van der Waals surface area (Å²) in [7, 11) is 0. The topological polar surface area (TPSA) is 26.3 Å². The van der Waals surface area contributed by atoms with E-state index in [0.717, 1.165) is 22.6 Å². The number of hydrogen-bond acceptors (Lipinski definition) is 2. The molecule has 0 radical (unpaired) electrons. The lowest BCUT2D eigenvalue weighted by Crippen LogP contribution is -2.12. The van der Waals surface area contributed by atoms with Gasteiger partial charge >= 0.3 is 5.97 Å². The second-order valence-corrected chi connectivity index (χ2v) is 6.60.